The number of carboxylic acids is 1. The minimum Gasteiger partial charge on any atom is -0.480 e. The second kappa shape index (κ2) is 6.21. The highest BCUT2D eigenvalue weighted by Crippen LogP contribution is 1.92. The van der Waals surface area contributed by atoms with E-state index >= 15 is 0 Å². The van der Waals surface area contributed by atoms with Gasteiger partial charge in [0.05, 0.1) is 0 Å². The lowest BCUT2D eigenvalue weighted by atomic mass is 10.2. The Hall–Kier alpha value is -1.34. The molecule has 0 aromatic heterocycles. The maximum Gasteiger partial charge on any atom is 0.328 e. The number of carbonyl (C=O) groups is 2. The molecule has 13 heavy (non-hydrogen) atoms. The summed E-state index contributed by atoms with van der Waals surface area (Å²) in [7, 11) is 0. The minimum atomic E-state index is -1.04. The summed E-state index contributed by atoms with van der Waals surface area (Å²) in [6.07, 6.45) is 0.821. The molecule has 7 N–H and O–H groups in total. The van der Waals surface area contributed by atoms with E-state index in [0.717, 1.165) is 0 Å². The topological polar surface area (TPSA) is 130 Å². The number of hydrogen-bond donors (Lipinski definition) is 5. The third-order valence-electron chi connectivity index (χ3n) is 1.43. The molecule has 1 atom stereocenters. The van der Waals surface area contributed by atoms with Crippen molar-refractivity contribution in [2.45, 2.75) is 18.9 Å². The van der Waals surface area contributed by atoms with Crippen LogP contribution >= 0.6 is 0 Å². The molecule has 0 radical (unpaired) electrons. The summed E-state index contributed by atoms with van der Waals surface area (Å²) in [6, 6.07) is -1.37. The molecule has 0 aromatic rings. The Morgan fingerprint density at radius 1 is 1.46 bits per heavy atom. The highest BCUT2D eigenvalue weighted by molar-refractivity contribution is 5.73. The molecule has 0 saturated heterocycles. The van der Waals surface area contributed by atoms with Gasteiger partial charge in [-0.15, -0.1) is 0 Å². The molecular weight excluding hydrogens is 176 g/mol. The number of rotatable bonds is 5. The van der Waals surface area contributed by atoms with E-state index in [0.29, 0.717) is 19.4 Å². The third-order valence-corrected chi connectivity index (χ3v) is 1.43. The van der Waals surface area contributed by atoms with Crippen LogP contribution in [0.5, 0.6) is 0 Å². The molecule has 0 rings (SSSR count). The van der Waals surface area contributed by atoms with Crippen LogP contribution in [0.1, 0.15) is 12.8 Å². The molecule has 7 heteroatoms. The second-order valence-corrected chi connectivity index (χ2v) is 2.49. The average Bonchev–Trinajstić information content (AvgIpc) is 2.11. The van der Waals surface area contributed by atoms with Gasteiger partial charge in [-0.2, -0.15) is 0 Å². The fourth-order valence-electron chi connectivity index (χ4n) is 0.698. The van der Waals surface area contributed by atoms with Gasteiger partial charge in [0, 0.05) is 6.54 Å². The second-order valence-electron chi connectivity index (χ2n) is 2.49. The molecule has 0 aliphatic rings. The summed E-state index contributed by atoms with van der Waals surface area (Å²) in [5, 5.41) is 10.8. The van der Waals surface area contributed by atoms with E-state index in [4.69, 9.17) is 16.7 Å². The Balaban J connectivity index is 3.35. The van der Waals surface area contributed by atoms with Crippen LogP contribution in [0, 0.1) is 0 Å². The number of hydrogen-bond acceptors (Lipinski definition) is 4. The Morgan fingerprint density at radius 2 is 2.08 bits per heavy atom. The largest absolute Gasteiger partial charge is 0.480 e. The predicted octanol–water partition coefficient (Wildman–Crippen LogP) is -1.65. The fourth-order valence-corrected chi connectivity index (χ4v) is 0.698. The Morgan fingerprint density at radius 3 is 2.54 bits per heavy atom. The molecule has 2 amide bonds. The molecule has 76 valence electrons. The summed E-state index contributed by atoms with van der Waals surface area (Å²) in [5.74, 6) is 3.74. The number of carboxylic acid groups (broad SMARTS) is 1. The van der Waals surface area contributed by atoms with Gasteiger partial charge in [-0.1, -0.05) is 0 Å². The molecule has 0 unspecified atom stereocenters. The zero-order valence-corrected chi connectivity index (χ0v) is 7.12. The number of amides is 2. The summed E-state index contributed by atoms with van der Waals surface area (Å²) in [5.41, 5.74) is 7.09. The van der Waals surface area contributed by atoms with Crippen LogP contribution in [0.15, 0.2) is 0 Å². The van der Waals surface area contributed by atoms with E-state index in [9.17, 15) is 9.59 Å². The molecule has 0 spiro atoms. The van der Waals surface area contributed by atoms with E-state index in [2.05, 4.69) is 5.32 Å². The summed E-state index contributed by atoms with van der Waals surface area (Å²) >= 11 is 0. The van der Waals surface area contributed by atoms with Crippen LogP contribution in [0.25, 0.3) is 0 Å². The highest BCUT2D eigenvalue weighted by Gasteiger charge is 2.10. The van der Waals surface area contributed by atoms with Crippen molar-refractivity contribution >= 4 is 12.0 Å². The first-order chi connectivity index (χ1) is 6.07. The van der Waals surface area contributed by atoms with Gasteiger partial charge < -0.3 is 16.2 Å². The first-order valence-electron chi connectivity index (χ1n) is 3.80. The first kappa shape index (κ1) is 11.7. The lowest BCUT2D eigenvalue weighted by Gasteiger charge is -2.06. The van der Waals surface area contributed by atoms with Crippen molar-refractivity contribution in [3.05, 3.63) is 0 Å². The van der Waals surface area contributed by atoms with Crippen LogP contribution < -0.4 is 22.3 Å². The zero-order chi connectivity index (χ0) is 10.3. The maximum absolute atomic E-state index is 10.5. The van der Waals surface area contributed by atoms with Crippen molar-refractivity contribution in [3.8, 4) is 0 Å². The van der Waals surface area contributed by atoms with Crippen LogP contribution in [-0.2, 0) is 4.79 Å². The maximum atomic E-state index is 10.5. The summed E-state index contributed by atoms with van der Waals surface area (Å²) < 4.78 is 0. The van der Waals surface area contributed by atoms with Crippen LogP contribution in [-0.4, -0.2) is 29.7 Å². The molecular formula is C6H14N4O3. The smallest absolute Gasteiger partial charge is 0.328 e. The Bertz CT molecular complexity index is 185. The Kier molecular flexibility index (Phi) is 5.57. The predicted molar refractivity (Wildman–Crippen MR) is 45.6 cm³/mol. The summed E-state index contributed by atoms with van der Waals surface area (Å²) in [6.45, 7) is 0.351. The average molecular weight is 190 g/mol. The van der Waals surface area contributed by atoms with Crippen molar-refractivity contribution in [1.82, 2.24) is 10.7 Å². The van der Waals surface area contributed by atoms with E-state index < -0.39 is 18.0 Å². The molecule has 7 nitrogen and oxygen atoms in total. The standard InChI is InChI=1S/C6H14N4O3/c7-4(5(11)12)2-1-3-9-6(13)10-8/h4H,1-3,7-8H2,(H,11,12)(H2,9,10,13)/t4-/m0/s1. The van der Waals surface area contributed by atoms with Crippen LogP contribution in [0.3, 0.4) is 0 Å². The molecule has 0 heterocycles. The van der Waals surface area contributed by atoms with Gasteiger partial charge in [-0.25, -0.2) is 10.6 Å². The lowest BCUT2D eigenvalue weighted by Crippen LogP contribution is -2.40. The van der Waals surface area contributed by atoms with Gasteiger partial charge in [0.1, 0.15) is 6.04 Å². The van der Waals surface area contributed by atoms with Gasteiger partial charge in [-0.05, 0) is 12.8 Å². The normalized spacial score (nSPS) is 11.8. The quantitative estimate of drug-likeness (QED) is 0.153. The van der Waals surface area contributed by atoms with E-state index in [-0.39, 0.29) is 0 Å². The summed E-state index contributed by atoms with van der Waals surface area (Å²) in [4.78, 5) is 20.7. The lowest BCUT2D eigenvalue weighted by molar-refractivity contribution is -0.138. The molecule has 0 fully saturated rings. The van der Waals surface area contributed by atoms with E-state index in [1.807, 2.05) is 5.43 Å². The van der Waals surface area contributed by atoms with Crippen LogP contribution in [0.4, 0.5) is 4.79 Å². The number of carbonyl (C=O) groups excluding carboxylic acids is 1. The third kappa shape index (κ3) is 5.88. The van der Waals surface area contributed by atoms with Crippen molar-refractivity contribution < 1.29 is 14.7 Å². The van der Waals surface area contributed by atoms with Gasteiger partial charge in [0.15, 0.2) is 0 Å². The van der Waals surface area contributed by atoms with Gasteiger partial charge in [0.2, 0.25) is 0 Å². The number of urea groups is 1. The Labute approximate surface area is 75.4 Å². The molecule has 0 aliphatic heterocycles. The van der Waals surface area contributed by atoms with Gasteiger partial charge in [-0.3, -0.25) is 10.2 Å². The zero-order valence-electron chi connectivity index (χ0n) is 7.12. The van der Waals surface area contributed by atoms with Crippen molar-refractivity contribution in [2.24, 2.45) is 11.6 Å². The van der Waals surface area contributed by atoms with Crippen molar-refractivity contribution in [2.75, 3.05) is 6.54 Å². The number of aliphatic carboxylic acids is 1. The van der Waals surface area contributed by atoms with Crippen molar-refractivity contribution in [3.63, 3.8) is 0 Å². The molecule has 0 aromatic carbocycles. The minimum absolute atomic E-state index is 0.320. The number of hydrazine groups is 1. The number of nitrogens with one attached hydrogen (secondary N) is 2. The SMILES string of the molecule is NNC(=O)NCCC[C@H](N)C(=O)O. The van der Waals surface area contributed by atoms with Crippen LogP contribution in [0.2, 0.25) is 0 Å². The van der Waals surface area contributed by atoms with Gasteiger partial charge >= 0.3 is 12.0 Å². The van der Waals surface area contributed by atoms with E-state index in [1.54, 1.807) is 0 Å². The van der Waals surface area contributed by atoms with Gasteiger partial charge in [0.25, 0.3) is 0 Å². The van der Waals surface area contributed by atoms with E-state index in [1.165, 1.54) is 0 Å². The molecule has 0 aliphatic carbocycles. The monoisotopic (exact) mass is 190 g/mol. The number of nitrogens with two attached hydrogens (primary N) is 2. The molecule has 0 bridgehead atoms. The fraction of sp³-hybridized carbons (Fsp3) is 0.667. The highest BCUT2D eigenvalue weighted by atomic mass is 16.4. The first-order valence-corrected chi connectivity index (χ1v) is 3.80. The van der Waals surface area contributed by atoms with Crippen molar-refractivity contribution in [1.29, 1.82) is 0 Å². The molecule has 0 saturated carbocycles.